The minimum absolute atomic E-state index is 0.0140. The zero-order valence-electron chi connectivity index (χ0n) is 14.2. The fourth-order valence-corrected chi connectivity index (χ4v) is 3.09. The molecule has 0 radical (unpaired) electrons. The van der Waals surface area contributed by atoms with E-state index in [0.717, 1.165) is 29.8 Å². The summed E-state index contributed by atoms with van der Waals surface area (Å²) in [4.78, 5) is 3.91. The van der Waals surface area contributed by atoms with Gasteiger partial charge in [-0.25, -0.2) is 4.98 Å². The zero-order valence-corrected chi connectivity index (χ0v) is 14.2. The molecule has 0 unspecified atom stereocenters. The SMILES string of the molecule is [O-][n+]1cc(C2CC2)cc(F)c1-c1cc2ccn(CC(F)(F)C(F)(F)F)c2cn1. The quantitative estimate of drug-likeness (QED) is 0.366. The lowest BCUT2D eigenvalue weighted by atomic mass is 10.1. The molecule has 0 saturated heterocycles. The fraction of sp³-hybridized carbons (Fsp3) is 0.333. The second-order valence-electron chi connectivity index (χ2n) is 6.84. The second-order valence-corrected chi connectivity index (χ2v) is 6.84. The maximum atomic E-state index is 14.5. The van der Waals surface area contributed by atoms with E-state index in [4.69, 9.17) is 0 Å². The third kappa shape index (κ3) is 3.16. The molecule has 3 aromatic rings. The number of alkyl halides is 5. The molecule has 0 amide bonds. The minimum atomic E-state index is -5.68. The van der Waals surface area contributed by atoms with Crippen molar-refractivity contribution in [1.29, 1.82) is 0 Å². The van der Waals surface area contributed by atoms with Gasteiger partial charge in [0.25, 0.3) is 5.69 Å². The number of fused-ring (bicyclic) bond motifs is 1. The average molecular weight is 401 g/mol. The summed E-state index contributed by atoms with van der Waals surface area (Å²) in [6.45, 7) is -1.60. The van der Waals surface area contributed by atoms with E-state index in [1.165, 1.54) is 24.4 Å². The van der Waals surface area contributed by atoms with Crippen LogP contribution in [-0.4, -0.2) is 21.6 Å². The van der Waals surface area contributed by atoms with Gasteiger partial charge in [0.05, 0.1) is 18.3 Å². The Morgan fingerprint density at radius 3 is 2.50 bits per heavy atom. The van der Waals surface area contributed by atoms with Crippen LogP contribution >= 0.6 is 0 Å². The molecule has 28 heavy (non-hydrogen) atoms. The highest BCUT2D eigenvalue weighted by atomic mass is 19.4. The molecule has 0 atom stereocenters. The van der Waals surface area contributed by atoms with Gasteiger partial charge < -0.3 is 9.77 Å². The summed E-state index contributed by atoms with van der Waals surface area (Å²) in [5.74, 6) is -5.52. The number of hydrogen-bond acceptors (Lipinski definition) is 2. The van der Waals surface area contributed by atoms with E-state index in [-0.39, 0.29) is 28.2 Å². The van der Waals surface area contributed by atoms with E-state index in [2.05, 4.69) is 4.98 Å². The van der Waals surface area contributed by atoms with Crippen LogP contribution in [0.2, 0.25) is 0 Å². The van der Waals surface area contributed by atoms with Crippen LogP contribution in [0.15, 0.2) is 36.8 Å². The molecule has 0 spiro atoms. The van der Waals surface area contributed by atoms with Crippen molar-refractivity contribution in [2.45, 2.75) is 37.4 Å². The smallest absolute Gasteiger partial charge is 0.455 e. The van der Waals surface area contributed by atoms with Crippen molar-refractivity contribution in [2.24, 2.45) is 0 Å². The first kappa shape index (κ1) is 18.6. The molecule has 4 nitrogen and oxygen atoms in total. The highest BCUT2D eigenvalue weighted by Gasteiger charge is 2.57. The summed E-state index contributed by atoms with van der Waals surface area (Å²) in [5.41, 5.74) is 0.236. The molecular weight excluding hydrogens is 388 g/mol. The largest absolute Gasteiger partial charge is 0.618 e. The van der Waals surface area contributed by atoms with E-state index in [1.54, 1.807) is 0 Å². The molecule has 3 aromatic heterocycles. The number of nitrogens with zero attached hydrogens (tertiary/aromatic N) is 3. The van der Waals surface area contributed by atoms with Crippen molar-refractivity contribution < 1.29 is 31.1 Å². The third-order valence-corrected chi connectivity index (χ3v) is 4.74. The topological polar surface area (TPSA) is 44.8 Å². The molecule has 0 bridgehead atoms. The Hall–Kier alpha value is -2.78. The summed E-state index contributed by atoms with van der Waals surface area (Å²) >= 11 is 0. The van der Waals surface area contributed by atoms with Crippen molar-refractivity contribution in [3.63, 3.8) is 0 Å². The standard InChI is InChI=1S/C18H13F6N3O/c19-13-5-12(10-1-2-10)8-27(28)16(13)14-6-11-3-4-26(15(11)7-25-14)9-17(20,21)18(22,23)24/h3-8,10H,1-2,9H2. The first-order valence-electron chi connectivity index (χ1n) is 8.39. The first-order valence-corrected chi connectivity index (χ1v) is 8.39. The van der Waals surface area contributed by atoms with Crippen LogP contribution in [0.3, 0.4) is 0 Å². The van der Waals surface area contributed by atoms with Crippen molar-refractivity contribution >= 4 is 10.9 Å². The molecule has 1 fully saturated rings. The Bertz CT molecular complexity index is 1030. The maximum Gasteiger partial charge on any atom is 0.455 e. The van der Waals surface area contributed by atoms with E-state index in [1.807, 2.05) is 0 Å². The number of aromatic nitrogens is 3. The predicted molar refractivity (Wildman–Crippen MR) is 87.1 cm³/mol. The molecule has 1 aliphatic carbocycles. The summed E-state index contributed by atoms with van der Waals surface area (Å²) < 4.78 is 79.5. The second kappa shape index (κ2) is 6.11. The molecule has 1 aliphatic rings. The normalized spacial score (nSPS) is 15.4. The van der Waals surface area contributed by atoms with Gasteiger partial charge in [0.1, 0.15) is 5.69 Å². The molecule has 0 N–H and O–H groups in total. The highest BCUT2D eigenvalue weighted by molar-refractivity contribution is 5.82. The van der Waals surface area contributed by atoms with E-state index < -0.39 is 24.5 Å². The summed E-state index contributed by atoms with van der Waals surface area (Å²) in [7, 11) is 0. The Morgan fingerprint density at radius 2 is 1.89 bits per heavy atom. The zero-order chi connectivity index (χ0) is 20.3. The number of hydrogen-bond donors (Lipinski definition) is 0. The molecule has 3 heterocycles. The molecule has 0 aromatic carbocycles. The number of halogens is 6. The van der Waals surface area contributed by atoms with Gasteiger partial charge in [-0.1, -0.05) is 0 Å². The van der Waals surface area contributed by atoms with Gasteiger partial charge in [-0.05, 0) is 37.0 Å². The van der Waals surface area contributed by atoms with Gasteiger partial charge in [-0.15, -0.1) is 0 Å². The van der Waals surface area contributed by atoms with Crippen LogP contribution in [0.5, 0.6) is 0 Å². The summed E-state index contributed by atoms with van der Waals surface area (Å²) in [6, 6.07) is 3.85. The molecule has 148 valence electrons. The van der Waals surface area contributed by atoms with E-state index in [0.29, 0.717) is 10.3 Å². The summed E-state index contributed by atoms with van der Waals surface area (Å²) in [6.07, 6.45) is -0.522. The van der Waals surface area contributed by atoms with Crippen LogP contribution in [-0.2, 0) is 6.54 Å². The van der Waals surface area contributed by atoms with Crippen LogP contribution in [0, 0.1) is 11.0 Å². The van der Waals surface area contributed by atoms with Gasteiger partial charge in [-0.3, -0.25) is 0 Å². The van der Waals surface area contributed by atoms with Gasteiger partial charge in [-0.2, -0.15) is 31.1 Å². The van der Waals surface area contributed by atoms with Gasteiger partial charge >= 0.3 is 12.1 Å². The Labute approximate surface area is 154 Å². The Balaban J connectivity index is 1.71. The monoisotopic (exact) mass is 401 g/mol. The van der Waals surface area contributed by atoms with Crippen molar-refractivity contribution in [3.8, 4) is 11.4 Å². The molecule has 0 aliphatic heterocycles. The lowest BCUT2D eigenvalue weighted by molar-refractivity contribution is -0.595. The van der Waals surface area contributed by atoms with Crippen molar-refractivity contribution in [3.05, 3.63) is 53.4 Å². The van der Waals surface area contributed by atoms with Crippen molar-refractivity contribution in [2.75, 3.05) is 0 Å². The number of rotatable bonds is 4. The van der Waals surface area contributed by atoms with Crippen LogP contribution < -0.4 is 4.73 Å². The van der Waals surface area contributed by atoms with E-state index >= 15 is 0 Å². The maximum absolute atomic E-state index is 14.5. The lowest BCUT2D eigenvalue weighted by Gasteiger charge is -2.20. The highest BCUT2D eigenvalue weighted by Crippen LogP contribution is 2.40. The van der Waals surface area contributed by atoms with Crippen molar-refractivity contribution in [1.82, 2.24) is 9.55 Å². The molecule has 1 saturated carbocycles. The predicted octanol–water partition coefficient (Wildman–Crippen LogP) is 4.55. The average Bonchev–Trinajstić information content (AvgIpc) is 3.36. The first-order chi connectivity index (χ1) is 13.1. The van der Waals surface area contributed by atoms with Gasteiger partial charge in [0.15, 0.2) is 12.0 Å². The third-order valence-electron chi connectivity index (χ3n) is 4.74. The van der Waals surface area contributed by atoms with Gasteiger partial charge in [0, 0.05) is 17.1 Å². The lowest BCUT2D eigenvalue weighted by Crippen LogP contribution is -2.40. The molecule has 4 rings (SSSR count). The summed E-state index contributed by atoms with van der Waals surface area (Å²) in [5, 5.41) is 12.5. The number of pyridine rings is 2. The molecular formula is C18H13F6N3O. The Morgan fingerprint density at radius 1 is 1.18 bits per heavy atom. The van der Waals surface area contributed by atoms with Crippen LogP contribution in [0.1, 0.15) is 24.3 Å². The van der Waals surface area contributed by atoms with Crippen LogP contribution in [0.25, 0.3) is 22.3 Å². The minimum Gasteiger partial charge on any atom is -0.618 e. The molecule has 10 heteroatoms. The fourth-order valence-electron chi connectivity index (χ4n) is 3.09. The van der Waals surface area contributed by atoms with E-state index in [9.17, 15) is 31.5 Å². The Kier molecular flexibility index (Phi) is 4.06. The van der Waals surface area contributed by atoms with Gasteiger partial charge in [0.2, 0.25) is 0 Å². The van der Waals surface area contributed by atoms with Crippen LogP contribution in [0.4, 0.5) is 26.3 Å².